The molecule has 1 aliphatic carbocycles. The summed E-state index contributed by atoms with van der Waals surface area (Å²) >= 11 is 7.48. The molecule has 2 saturated heterocycles. The number of imide groups is 1. The molecule has 3 aliphatic rings. The molecule has 0 N–H and O–H groups in total. The summed E-state index contributed by atoms with van der Waals surface area (Å²) in [5.74, 6) is -0.870. The van der Waals surface area contributed by atoms with Crippen LogP contribution >= 0.6 is 22.9 Å². The van der Waals surface area contributed by atoms with Gasteiger partial charge in [-0.2, -0.15) is 5.26 Å². The lowest BCUT2D eigenvalue weighted by Gasteiger charge is -2.28. The number of rotatable bonds is 4. The number of benzene rings is 2. The number of hydroxylamine groups is 1. The molecule has 182 valence electrons. The highest BCUT2D eigenvalue weighted by molar-refractivity contribution is 7.17. The van der Waals surface area contributed by atoms with E-state index in [2.05, 4.69) is 6.07 Å². The van der Waals surface area contributed by atoms with Crippen LogP contribution in [0.3, 0.4) is 0 Å². The molecule has 0 spiro atoms. The number of ether oxygens (including phenoxy) is 1. The molecule has 36 heavy (non-hydrogen) atoms. The largest absolute Gasteiger partial charge is 0.497 e. The zero-order valence-corrected chi connectivity index (χ0v) is 21.0. The minimum absolute atomic E-state index is 0.350. The zero-order valence-electron chi connectivity index (χ0n) is 19.4. The number of nitriles is 1. The smallest absolute Gasteiger partial charge is 0.267 e. The Morgan fingerprint density at radius 1 is 1.06 bits per heavy atom. The molecule has 3 aromatic rings. The van der Waals surface area contributed by atoms with E-state index in [1.807, 2.05) is 24.3 Å². The van der Waals surface area contributed by atoms with E-state index in [9.17, 15) is 14.9 Å². The fourth-order valence-corrected chi connectivity index (χ4v) is 6.87. The van der Waals surface area contributed by atoms with Crippen LogP contribution < -0.4 is 14.7 Å². The van der Waals surface area contributed by atoms with Crippen molar-refractivity contribution in [2.45, 2.75) is 37.8 Å². The van der Waals surface area contributed by atoms with Crippen LogP contribution in [0.25, 0.3) is 0 Å². The standard InChI is InChI=1S/C27H22ClN3O4S/c1-34-18-12-6-15(7-13-18)23-22-24(35-31(23)17-10-8-16(28)9-11-17)26(33)30(25(22)32)27-20(14-29)19-4-2-3-5-21(19)36-27/h6-13,22-24H,2-5H2,1H3/t22-,23+,24+/m0/s1. The molecule has 9 heteroatoms. The van der Waals surface area contributed by atoms with E-state index in [0.29, 0.717) is 27.0 Å². The summed E-state index contributed by atoms with van der Waals surface area (Å²) in [5.41, 5.74) is 2.93. The summed E-state index contributed by atoms with van der Waals surface area (Å²) in [6.45, 7) is 0. The SMILES string of the molecule is COc1ccc([C@@H]2[C@@H]3C(=O)N(c4sc5c(c4C#N)CCCC5)C(=O)[C@@H]3ON2c2ccc(Cl)cc2)cc1. The second kappa shape index (κ2) is 8.93. The Balaban J connectivity index is 1.43. The molecule has 0 unspecified atom stereocenters. The fourth-order valence-electron chi connectivity index (χ4n) is 5.39. The molecule has 7 nitrogen and oxygen atoms in total. The van der Waals surface area contributed by atoms with Crippen LogP contribution in [0.1, 0.15) is 40.5 Å². The molecular formula is C27H22ClN3O4S. The maximum atomic E-state index is 14.0. The second-order valence-corrected chi connectivity index (χ2v) is 10.6. The van der Waals surface area contributed by atoms with Crippen molar-refractivity contribution in [3.63, 3.8) is 0 Å². The molecule has 0 bridgehead atoms. The molecule has 3 atom stereocenters. The van der Waals surface area contributed by atoms with E-state index >= 15 is 0 Å². The highest BCUT2D eigenvalue weighted by Crippen LogP contribution is 2.50. The number of halogens is 1. The first-order valence-electron chi connectivity index (χ1n) is 11.8. The number of nitrogens with zero attached hydrogens (tertiary/aromatic N) is 3. The van der Waals surface area contributed by atoms with E-state index in [1.54, 1.807) is 36.4 Å². The predicted molar refractivity (Wildman–Crippen MR) is 136 cm³/mol. The summed E-state index contributed by atoms with van der Waals surface area (Å²) in [6, 6.07) is 16.2. The third kappa shape index (κ3) is 3.50. The lowest BCUT2D eigenvalue weighted by atomic mass is 9.90. The lowest BCUT2D eigenvalue weighted by molar-refractivity contribution is -0.126. The van der Waals surface area contributed by atoms with Crippen LogP contribution in [0.15, 0.2) is 48.5 Å². The molecule has 0 saturated carbocycles. The van der Waals surface area contributed by atoms with Crippen molar-refractivity contribution in [1.29, 1.82) is 5.26 Å². The van der Waals surface area contributed by atoms with E-state index in [1.165, 1.54) is 16.2 Å². The van der Waals surface area contributed by atoms with Crippen molar-refractivity contribution >= 4 is 45.4 Å². The normalized spacial score (nSPS) is 23.0. The van der Waals surface area contributed by atoms with Gasteiger partial charge in [0.05, 0.1) is 24.4 Å². The first-order chi connectivity index (χ1) is 17.5. The van der Waals surface area contributed by atoms with Crippen LogP contribution in [0.2, 0.25) is 5.02 Å². The van der Waals surface area contributed by atoms with Gasteiger partial charge in [-0.25, -0.2) is 9.96 Å². The van der Waals surface area contributed by atoms with Gasteiger partial charge in [0.1, 0.15) is 22.7 Å². The summed E-state index contributed by atoms with van der Waals surface area (Å²) in [7, 11) is 1.59. The summed E-state index contributed by atoms with van der Waals surface area (Å²) in [4.78, 5) is 36.2. The first kappa shape index (κ1) is 23.0. The topological polar surface area (TPSA) is 82.9 Å². The van der Waals surface area contributed by atoms with Crippen molar-refractivity contribution in [2.75, 3.05) is 17.1 Å². The molecule has 2 fully saturated rings. The van der Waals surface area contributed by atoms with Crippen LogP contribution in [0, 0.1) is 17.2 Å². The van der Waals surface area contributed by atoms with E-state index in [-0.39, 0.29) is 5.91 Å². The quantitative estimate of drug-likeness (QED) is 0.440. The number of amides is 2. The summed E-state index contributed by atoms with van der Waals surface area (Å²) in [5, 5.41) is 12.6. The van der Waals surface area contributed by atoms with Gasteiger partial charge in [0.25, 0.3) is 5.91 Å². The maximum Gasteiger partial charge on any atom is 0.267 e. The monoisotopic (exact) mass is 519 g/mol. The third-order valence-corrected chi connectivity index (χ3v) is 8.65. The average Bonchev–Trinajstić information content (AvgIpc) is 3.54. The first-order valence-corrected chi connectivity index (χ1v) is 13.0. The van der Waals surface area contributed by atoms with Crippen molar-refractivity contribution in [3.05, 3.63) is 75.1 Å². The number of aryl methyl sites for hydroxylation is 1. The molecule has 2 aliphatic heterocycles. The molecule has 1 aromatic heterocycles. The second-order valence-electron chi connectivity index (χ2n) is 9.09. The summed E-state index contributed by atoms with van der Waals surface area (Å²) in [6.07, 6.45) is 2.72. The number of carbonyl (C=O) groups is 2. The van der Waals surface area contributed by atoms with E-state index in [4.69, 9.17) is 21.2 Å². The Morgan fingerprint density at radius 3 is 2.47 bits per heavy atom. The van der Waals surface area contributed by atoms with E-state index in [0.717, 1.165) is 41.7 Å². The lowest BCUT2D eigenvalue weighted by Crippen LogP contribution is -2.37. The molecule has 3 heterocycles. The Hall–Kier alpha value is -3.38. The Kier molecular flexibility index (Phi) is 5.72. The number of hydrogen-bond donors (Lipinski definition) is 0. The zero-order chi connectivity index (χ0) is 25.0. The van der Waals surface area contributed by atoms with Gasteiger partial charge in [0.15, 0.2) is 6.10 Å². The number of carbonyl (C=O) groups excluding carboxylic acids is 2. The maximum absolute atomic E-state index is 14.0. The van der Waals surface area contributed by atoms with Gasteiger partial charge in [-0.3, -0.25) is 14.4 Å². The molecular weight excluding hydrogens is 498 g/mol. The average molecular weight is 520 g/mol. The van der Waals surface area contributed by atoms with Crippen LogP contribution in [-0.4, -0.2) is 25.0 Å². The Morgan fingerprint density at radius 2 is 1.78 bits per heavy atom. The Bertz CT molecular complexity index is 1400. The predicted octanol–water partition coefficient (Wildman–Crippen LogP) is 5.21. The number of hydrogen-bond acceptors (Lipinski definition) is 7. The van der Waals surface area contributed by atoms with E-state index < -0.39 is 24.0 Å². The minimum Gasteiger partial charge on any atom is -0.497 e. The minimum atomic E-state index is -0.994. The van der Waals surface area contributed by atoms with Gasteiger partial charge in [0, 0.05) is 9.90 Å². The van der Waals surface area contributed by atoms with Crippen molar-refractivity contribution in [3.8, 4) is 11.8 Å². The molecule has 0 radical (unpaired) electrons. The highest BCUT2D eigenvalue weighted by Gasteiger charge is 2.61. The number of methoxy groups -OCH3 is 1. The van der Waals surface area contributed by atoms with Gasteiger partial charge in [-0.15, -0.1) is 11.3 Å². The van der Waals surface area contributed by atoms with Gasteiger partial charge in [0.2, 0.25) is 5.91 Å². The molecule has 2 aromatic carbocycles. The van der Waals surface area contributed by atoms with Crippen molar-refractivity contribution in [2.24, 2.45) is 5.92 Å². The van der Waals surface area contributed by atoms with Gasteiger partial charge >= 0.3 is 0 Å². The third-order valence-electron chi connectivity index (χ3n) is 7.12. The number of fused-ring (bicyclic) bond motifs is 2. The van der Waals surface area contributed by atoms with Crippen LogP contribution in [0.4, 0.5) is 10.7 Å². The van der Waals surface area contributed by atoms with Gasteiger partial charge in [-0.05, 0) is 73.2 Å². The number of thiophene rings is 1. The fraction of sp³-hybridized carbons (Fsp3) is 0.296. The summed E-state index contributed by atoms with van der Waals surface area (Å²) < 4.78 is 5.30. The van der Waals surface area contributed by atoms with Gasteiger partial charge in [-0.1, -0.05) is 23.7 Å². The van der Waals surface area contributed by atoms with Crippen LogP contribution in [-0.2, 0) is 27.3 Å². The molecule has 2 amide bonds. The Labute approximate surface area is 217 Å². The van der Waals surface area contributed by atoms with Crippen molar-refractivity contribution < 1.29 is 19.2 Å². The molecule has 6 rings (SSSR count). The van der Waals surface area contributed by atoms with Crippen LogP contribution in [0.5, 0.6) is 5.75 Å². The van der Waals surface area contributed by atoms with Crippen molar-refractivity contribution in [1.82, 2.24) is 0 Å². The van der Waals surface area contributed by atoms with Gasteiger partial charge < -0.3 is 4.74 Å². The number of anilines is 2. The highest BCUT2D eigenvalue weighted by atomic mass is 35.5.